The second-order valence-corrected chi connectivity index (χ2v) is 14.9. The van der Waals surface area contributed by atoms with Crippen molar-refractivity contribution in [2.24, 2.45) is 17.3 Å². The van der Waals surface area contributed by atoms with Crippen LogP contribution < -0.4 is 0 Å². The van der Waals surface area contributed by atoms with Crippen LogP contribution >= 0.6 is 0 Å². The first kappa shape index (κ1) is 27.1. The Hall–Kier alpha value is -1.46. The summed E-state index contributed by atoms with van der Waals surface area (Å²) in [4.78, 5) is 0. The molecule has 0 saturated heterocycles. The molecule has 34 heavy (non-hydrogen) atoms. The van der Waals surface area contributed by atoms with Crippen LogP contribution in [-0.2, 0) is 9.84 Å². The zero-order chi connectivity index (χ0) is 25.5. The van der Waals surface area contributed by atoms with E-state index in [2.05, 4.69) is 31.7 Å². The highest BCUT2D eigenvalue weighted by Gasteiger charge is 2.47. The summed E-state index contributed by atoms with van der Waals surface area (Å²) in [5, 5.41) is 7.64. The van der Waals surface area contributed by atoms with Crippen molar-refractivity contribution in [3.05, 3.63) is 59.3 Å². The van der Waals surface area contributed by atoms with Crippen molar-refractivity contribution < 1.29 is 17.9 Å². The number of hydrogen-bond donors (Lipinski definition) is 1. The standard InChI is InChI=1S/C29H43FO3S/c1-20-10-13-24(31)19-23(20)12-11-22-9-8-17-28(6)25(14-15-26(22)28)21(2)16-18-29(7,30)34(32,33)27(3,4)5/h11-12,14,16,18,21,24,26,31H,1,8-10,13,15,17,19H2,2-7H3/b18-16+,22-11+,23-12-. The first-order valence-electron chi connectivity index (χ1n) is 12.7. The van der Waals surface area contributed by atoms with Gasteiger partial charge in [0, 0.05) is 0 Å². The smallest absolute Gasteiger partial charge is 0.226 e. The van der Waals surface area contributed by atoms with Gasteiger partial charge in [0.1, 0.15) is 0 Å². The Morgan fingerprint density at radius 2 is 1.91 bits per heavy atom. The zero-order valence-corrected chi connectivity index (χ0v) is 22.6. The van der Waals surface area contributed by atoms with Gasteiger partial charge in [-0.2, -0.15) is 0 Å². The maximum absolute atomic E-state index is 15.3. The van der Waals surface area contributed by atoms with Crippen LogP contribution in [0.2, 0.25) is 0 Å². The summed E-state index contributed by atoms with van der Waals surface area (Å²) in [6.07, 6.45) is 16.0. The second-order valence-electron chi connectivity index (χ2n) is 11.9. The van der Waals surface area contributed by atoms with Crippen molar-refractivity contribution in [2.75, 3.05) is 0 Å². The molecule has 5 unspecified atom stereocenters. The SMILES string of the molecule is C=C1CCC(O)C/C1=C/C=C1\CCCC2(C)C(C(C)/C=C/C(C)(F)S(=O)(=O)C(C)(C)C)=CCC12. The van der Waals surface area contributed by atoms with Gasteiger partial charge in [-0.3, -0.25) is 0 Å². The predicted octanol–water partition coefficient (Wildman–Crippen LogP) is 7.17. The molecule has 0 spiro atoms. The van der Waals surface area contributed by atoms with E-state index in [1.165, 1.54) is 38.0 Å². The largest absolute Gasteiger partial charge is 0.393 e. The Morgan fingerprint density at radius 3 is 2.56 bits per heavy atom. The molecule has 5 atom stereocenters. The Balaban J connectivity index is 1.80. The minimum absolute atomic E-state index is 0.00888. The van der Waals surface area contributed by atoms with E-state index in [-0.39, 0.29) is 17.4 Å². The Morgan fingerprint density at radius 1 is 1.24 bits per heavy atom. The molecule has 0 heterocycles. The van der Waals surface area contributed by atoms with E-state index in [9.17, 15) is 13.5 Å². The molecular formula is C29H43FO3S. The molecule has 0 aliphatic heterocycles. The number of hydrogen-bond acceptors (Lipinski definition) is 3. The molecule has 3 aliphatic carbocycles. The first-order valence-corrected chi connectivity index (χ1v) is 14.2. The van der Waals surface area contributed by atoms with Crippen LogP contribution in [0.5, 0.6) is 0 Å². The molecule has 5 heteroatoms. The fourth-order valence-corrected chi connectivity index (χ4v) is 7.52. The molecule has 1 N–H and O–H groups in total. The van der Waals surface area contributed by atoms with Crippen LogP contribution in [0.25, 0.3) is 0 Å². The highest BCUT2D eigenvalue weighted by Crippen LogP contribution is 2.56. The molecule has 190 valence electrons. The van der Waals surface area contributed by atoms with E-state index in [1.54, 1.807) is 6.08 Å². The number of aliphatic hydroxyl groups excluding tert-OH is 1. The molecule has 0 amide bonds. The van der Waals surface area contributed by atoms with E-state index in [4.69, 9.17) is 0 Å². The summed E-state index contributed by atoms with van der Waals surface area (Å²) in [5.41, 5.74) is 4.99. The summed E-state index contributed by atoms with van der Waals surface area (Å²) in [7, 11) is -3.98. The van der Waals surface area contributed by atoms with Crippen molar-refractivity contribution in [1.29, 1.82) is 0 Å². The van der Waals surface area contributed by atoms with Gasteiger partial charge in [-0.1, -0.05) is 61.4 Å². The van der Waals surface area contributed by atoms with Gasteiger partial charge in [0.2, 0.25) is 5.00 Å². The summed E-state index contributed by atoms with van der Waals surface area (Å²) in [5.74, 6) is 0.368. The average Bonchev–Trinajstić information content (AvgIpc) is 3.09. The second kappa shape index (κ2) is 9.54. The Bertz CT molecular complexity index is 1040. The molecule has 0 aromatic carbocycles. The summed E-state index contributed by atoms with van der Waals surface area (Å²) in [6.45, 7) is 14.3. The molecule has 3 aliphatic rings. The van der Waals surface area contributed by atoms with E-state index < -0.39 is 19.6 Å². The molecule has 0 aromatic heterocycles. The van der Waals surface area contributed by atoms with E-state index in [0.717, 1.165) is 56.6 Å². The van der Waals surface area contributed by atoms with Gasteiger partial charge in [0.25, 0.3) is 0 Å². The summed E-state index contributed by atoms with van der Waals surface area (Å²) in [6, 6.07) is 0. The number of halogens is 1. The average molecular weight is 491 g/mol. The lowest BCUT2D eigenvalue weighted by atomic mass is 9.62. The number of alkyl halides is 1. The molecule has 0 aromatic rings. The normalized spacial score (nSPS) is 33.8. The van der Waals surface area contributed by atoms with E-state index in [0.29, 0.717) is 12.3 Å². The van der Waals surface area contributed by atoms with Gasteiger partial charge < -0.3 is 5.11 Å². The lowest BCUT2D eigenvalue weighted by Crippen LogP contribution is -2.41. The number of fused-ring (bicyclic) bond motifs is 1. The van der Waals surface area contributed by atoms with Crippen molar-refractivity contribution in [3.63, 3.8) is 0 Å². The monoisotopic (exact) mass is 490 g/mol. The van der Waals surface area contributed by atoms with Crippen LogP contribution in [0.15, 0.2) is 59.3 Å². The number of sulfone groups is 1. The molecule has 0 bridgehead atoms. The van der Waals surface area contributed by atoms with Crippen molar-refractivity contribution >= 4 is 9.84 Å². The third kappa shape index (κ3) is 5.06. The molecule has 2 fully saturated rings. The lowest BCUT2D eigenvalue weighted by molar-refractivity contribution is 0.158. The van der Waals surface area contributed by atoms with E-state index >= 15 is 4.39 Å². The minimum Gasteiger partial charge on any atom is -0.393 e. The van der Waals surface area contributed by atoms with Gasteiger partial charge in [-0.25, -0.2) is 12.8 Å². The number of rotatable bonds is 5. The van der Waals surface area contributed by atoms with Gasteiger partial charge >= 0.3 is 0 Å². The first-order chi connectivity index (χ1) is 15.6. The number of aliphatic hydroxyl groups is 1. The third-order valence-corrected chi connectivity index (χ3v) is 11.1. The van der Waals surface area contributed by atoms with Gasteiger partial charge in [-0.05, 0) is 102 Å². The van der Waals surface area contributed by atoms with Gasteiger partial charge in [0.15, 0.2) is 9.84 Å². The van der Waals surface area contributed by atoms with Crippen LogP contribution in [0, 0.1) is 17.3 Å². The highest BCUT2D eigenvalue weighted by atomic mass is 32.2. The maximum atomic E-state index is 15.3. The van der Waals surface area contributed by atoms with Crippen LogP contribution in [-0.4, -0.2) is 29.4 Å². The minimum atomic E-state index is -3.98. The zero-order valence-electron chi connectivity index (χ0n) is 21.8. The summed E-state index contributed by atoms with van der Waals surface area (Å²) < 4.78 is 39.6. The van der Waals surface area contributed by atoms with Gasteiger partial charge in [0.05, 0.1) is 10.9 Å². The fourth-order valence-electron chi connectivity index (χ4n) is 6.06. The summed E-state index contributed by atoms with van der Waals surface area (Å²) >= 11 is 0. The molecule has 3 nitrogen and oxygen atoms in total. The fraction of sp³-hybridized carbons (Fsp3) is 0.655. The molecule has 0 radical (unpaired) electrons. The molecule has 3 rings (SSSR count). The third-order valence-electron chi connectivity index (χ3n) is 8.30. The molecular weight excluding hydrogens is 447 g/mol. The number of allylic oxidation sites excluding steroid dienone is 7. The Kier molecular flexibility index (Phi) is 7.61. The van der Waals surface area contributed by atoms with Crippen molar-refractivity contribution in [1.82, 2.24) is 0 Å². The van der Waals surface area contributed by atoms with Crippen molar-refractivity contribution in [3.8, 4) is 0 Å². The quantitative estimate of drug-likeness (QED) is 0.416. The van der Waals surface area contributed by atoms with Crippen LogP contribution in [0.3, 0.4) is 0 Å². The predicted molar refractivity (Wildman–Crippen MR) is 140 cm³/mol. The Labute approximate surface area is 206 Å². The topological polar surface area (TPSA) is 54.4 Å². The van der Waals surface area contributed by atoms with E-state index in [1.807, 2.05) is 6.92 Å². The molecule has 2 saturated carbocycles. The van der Waals surface area contributed by atoms with Gasteiger partial charge in [-0.15, -0.1) is 0 Å². The van der Waals surface area contributed by atoms with Crippen LogP contribution in [0.4, 0.5) is 4.39 Å². The van der Waals surface area contributed by atoms with Crippen molar-refractivity contribution in [2.45, 2.75) is 102 Å². The van der Waals surface area contributed by atoms with Crippen LogP contribution in [0.1, 0.15) is 86.5 Å². The highest BCUT2D eigenvalue weighted by molar-refractivity contribution is 7.94. The lowest BCUT2D eigenvalue weighted by Gasteiger charge is -2.42. The maximum Gasteiger partial charge on any atom is 0.226 e.